The lowest BCUT2D eigenvalue weighted by molar-refractivity contribution is -0.125. The van der Waals surface area contributed by atoms with E-state index in [4.69, 9.17) is 14.2 Å². The molecule has 0 aliphatic rings. The fourth-order valence-electron chi connectivity index (χ4n) is 3.15. The van der Waals surface area contributed by atoms with Crippen LogP contribution in [-0.4, -0.2) is 26.1 Å². The van der Waals surface area contributed by atoms with Gasteiger partial charge in [-0.3, -0.25) is 4.79 Å². The summed E-state index contributed by atoms with van der Waals surface area (Å²) in [5.41, 5.74) is 3.21. The van der Waals surface area contributed by atoms with Gasteiger partial charge in [0.05, 0.1) is 25.0 Å². The Balaban J connectivity index is 1.87. The molecule has 0 aromatic heterocycles. The standard InChI is InChI=1S/C25H25NO5/c1-17-12-13-22(30-3)21(14-17)26-24(27)23(19-9-5-4-6-10-19)31-25(28)20-11-7-8-18(15-20)16-29-2/h4-15,23H,16H2,1-3H3,(H,26,27)/t23-/m0/s1. The van der Waals surface area contributed by atoms with Gasteiger partial charge in [0.15, 0.2) is 0 Å². The van der Waals surface area contributed by atoms with E-state index in [0.717, 1.165) is 11.1 Å². The summed E-state index contributed by atoms with van der Waals surface area (Å²) in [5.74, 6) is -0.556. The van der Waals surface area contributed by atoms with E-state index in [1.807, 2.05) is 25.1 Å². The first-order valence-electron chi connectivity index (χ1n) is 9.81. The Hall–Kier alpha value is -3.64. The number of methoxy groups -OCH3 is 2. The van der Waals surface area contributed by atoms with Crippen LogP contribution in [-0.2, 0) is 20.9 Å². The summed E-state index contributed by atoms with van der Waals surface area (Å²) >= 11 is 0. The number of aryl methyl sites for hydroxylation is 1. The third-order valence-corrected chi connectivity index (χ3v) is 4.65. The SMILES string of the molecule is COCc1cccc(C(=O)O[C@H](C(=O)Nc2cc(C)ccc2OC)c2ccccc2)c1. The molecule has 0 aliphatic heterocycles. The first-order chi connectivity index (χ1) is 15.0. The average molecular weight is 419 g/mol. The number of rotatable bonds is 8. The highest BCUT2D eigenvalue weighted by atomic mass is 16.5. The van der Waals surface area contributed by atoms with Gasteiger partial charge in [-0.2, -0.15) is 0 Å². The van der Waals surface area contributed by atoms with E-state index in [1.165, 1.54) is 7.11 Å². The molecule has 3 aromatic rings. The largest absolute Gasteiger partial charge is 0.495 e. The Morgan fingerprint density at radius 1 is 0.935 bits per heavy atom. The Kier molecular flexibility index (Phi) is 7.40. The van der Waals surface area contributed by atoms with Crippen molar-refractivity contribution in [3.8, 4) is 5.75 Å². The number of anilines is 1. The van der Waals surface area contributed by atoms with Crippen molar-refractivity contribution in [3.05, 3.63) is 95.1 Å². The number of hydrogen-bond acceptors (Lipinski definition) is 5. The molecule has 0 radical (unpaired) electrons. The van der Waals surface area contributed by atoms with Gasteiger partial charge in [0.2, 0.25) is 6.10 Å². The molecular weight excluding hydrogens is 394 g/mol. The van der Waals surface area contributed by atoms with Crippen molar-refractivity contribution in [2.24, 2.45) is 0 Å². The van der Waals surface area contributed by atoms with Crippen molar-refractivity contribution in [1.29, 1.82) is 0 Å². The quantitative estimate of drug-likeness (QED) is 0.537. The highest BCUT2D eigenvalue weighted by Gasteiger charge is 2.26. The van der Waals surface area contributed by atoms with Crippen LogP contribution in [0.25, 0.3) is 0 Å². The van der Waals surface area contributed by atoms with Crippen LogP contribution in [0.2, 0.25) is 0 Å². The second-order valence-electron chi connectivity index (χ2n) is 7.02. The number of carbonyl (C=O) groups excluding carboxylic acids is 2. The van der Waals surface area contributed by atoms with E-state index in [2.05, 4.69) is 5.32 Å². The first kappa shape index (κ1) is 22.1. The Labute approximate surface area is 181 Å². The molecule has 0 fully saturated rings. The molecule has 0 heterocycles. The molecular formula is C25H25NO5. The maximum absolute atomic E-state index is 13.2. The number of hydrogen-bond donors (Lipinski definition) is 1. The number of amides is 1. The molecule has 6 heteroatoms. The van der Waals surface area contributed by atoms with Gasteiger partial charge in [-0.1, -0.05) is 48.5 Å². The molecule has 0 bridgehead atoms. The second-order valence-corrected chi connectivity index (χ2v) is 7.02. The molecule has 0 spiro atoms. The maximum atomic E-state index is 13.2. The van der Waals surface area contributed by atoms with E-state index in [-0.39, 0.29) is 0 Å². The summed E-state index contributed by atoms with van der Waals surface area (Å²) in [6, 6.07) is 21.3. The van der Waals surface area contributed by atoms with Crippen LogP contribution in [0, 0.1) is 6.92 Å². The summed E-state index contributed by atoms with van der Waals surface area (Å²) in [6.07, 6.45) is -1.13. The van der Waals surface area contributed by atoms with Crippen LogP contribution in [0.5, 0.6) is 5.75 Å². The van der Waals surface area contributed by atoms with Gasteiger partial charge in [-0.05, 0) is 42.3 Å². The van der Waals surface area contributed by atoms with Crippen molar-refractivity contribution in [2.45, 2.75) is 19.6 Å². The van der Waals surface area contributed by atoms with Crippen LogP contribution >= 0.6 is 0 Å². The molecule has 0 aliphatic carbocycles. The summed E-state index contributed by atoms with van der Waals surface area (Å²) in [7, 11) is 3.11. The first-order valence-corrected chi connectivity index (χ1v) is 9.81. The molecule has 0 unspecified atom stereocenters. The lowest BCUT2D eigenvalue weighted by Crippen LogP contribution is -2.26. The fraction of sp³-hybridized carbons (Fsp3) is 0.200. The van der Waals surface area contributed by atoms with E-state index < -0.39 is 18.0 Å². The molecule has 3 rings (SSSR count). The molecule has 1 atom stereocenters. The monoisotopic (exact) mass is 419 g/mol. The van der Waals surface area contributed by atoms with Crippen LogP contribution < -0.4 is 10.1 Å². The normalized spacial score (nSPS) is 11.5. The van der Waals surface area contributed by atoms with Crippen molar-refractivity contribution in [1.82, 2.24) is 0 Å². The molecule has 1 N–H and O–H groups in total. The predicted octanol–water partition coefficient (Wildman–Crippen LogP) is 4.69. The van der Waals surface area contributed by atoms with Gasteiger partial charge in [-0.25, -0.2) is 4.79 Å². The van der Waals surface area contributed by atoms with E-state index in [1.54, 1.807) is 61.7 Å². The van der Waals surface area contributed by atoms with Gasteiger partial charge in [0.25, 0.3) is 5.91 Å². The lowest BCUT2D eigenvalue weighted by atomic mass is 10.1. The fourth-order valence-corrected chi connectivity index (χ4v) is 3.15. The summed E-state index contributed by atoms with van der Waals surface area (Å²) in [4.78, 5) is 26.0. The smallest absolute Gasteiger partial charge is 0.339 e. The van der Waals surface area contributed by atoms with E-state index >= 15 is 0 Å². The van der Waals surface area contributed by atoms with Crippen LogP contribution in [0.15, 0.2) is 72.8 Å². The maximum Gasteiger partial charge on any atom is 0.339 e. The zero-order valence-electron chi connectivity index (χ0n) is 17.8. The molecule has 0 saturated carbocycles. The van der Waals surface area contributed by atoms with Gasteiger partial charge in [0.1, 0.15) is 5.75 Å². The number of esters is 1. The Morgan fingerprint density at radius 3 is 2.42 bits per heavy atom. The Morgan fingerprint density at radius 2 is 1.71 bits per heavy atom. The minimum atomic E-state index is -1.13. The predicted molar refractivity (Wildman–Crippen MR) is 118 cm³/mol. The molecule has 160 valence electrons. The average Bonchev–Trinajstić information content (AvgIpc) is 2.78. The number of carbonyl (C=O) groups is 2. The highest BCUT2D eigenvalue weighted by Crippen LogP contribution is 2.28. The van der Waals surface area contributed by atoms with E-state index in [9.17, 15) is 9.59 Å². The molecule has 31 heavy (non-hydrogen) atoms. The highest BCUT2D eigenvalue weighted by molar-refractivity contribution is 5.99. The number of nitrogens with one attached hydrogen (secondary N) is 1. The summed E-state index contributed by atoms with van der Waals surface area (Å²) < 4.78 is 16.1. The molecule has 6 nitrogen and oxygen atoms in total. The van der Waals surface area contributed by atoms with Gasteiger partial charge >= 0.3 is 5.97 Å². The summed E-state index contributed by atoms with van der Waals surface area (Å²) in [5, 5.41) is 2.83. The van der Waals surface area contributed by atoms with Crippen LogP contribution in [0.3, 0.4) is 0 Å². The minimum absolute atomic E-state index is 0.344. The van der Waals surface area contributed by atoms with Crippen molar-refractivity contribution in [3.63, 3.8) is 0 Å². The minimum Gasteiger partial charge on any atom is -0.495 e. The zero-order chi connectivity index (χ0) is 22.2. The third-order valence-electron chi connectivity index (χ3n) is 4.65. The van der Waals surface area contributed by atoms with Crippen molar-refractivity contribution >= 4 is 17.6 Å². The lowest BCUT2D eigenvalue weighted by Gasteiger charge is -2.19. The van der Waals surface area contributed by atoms with Crippen LogP contribution in [0.1, 0.15) is 33.2 Å². The topological polar surface area (TPSA) is 73.9 Å². The second kappa shape index (κ2) is 10.4. The van der Waals surface area contributed by atoms with E-state index in [0.29, 0.717) is 29.2 Å². The number of benzene rings is 3. The zero-order valence-corrected chi connectivity index (χ0v) is 17.8. The number of ether oxygens (including phenoxy) is 3. The van der Waals surface area contributed by atoms with Gasteiger partial charge in [0, 0.05) is 12.7 Å². The summed E-state index contributed by atoms with van der Waals surface area (Å²) in [6.45, 7) is 2.29. The molecule has 0 saturated heterocycles. The van der Waals surface area contributed by atoms with Crippen molar-refractivity contribution in [2.75, 3.05) is 19.5 Å². The van der Waals surface area contributed by atoms with Crippen LogP contribution in [0.4, 0.5) is 5.69 Å². The van der Waals surface area contributed by atoms with Gasteiger partial charge in [-0.15, -0.1) is 0 Å². The third kappa shape index (κ3) is 5.71. The molecule has 1 amide bonds. The van der Waals surface area contributed by atoms with Crippen molar-refractivity contribution < 1.29 is 23.8 Å². The Bertz CT molecular complexity index is 1050. The van der Waals surface area contributed by atoms with Gasteiger partial charge < -0.3 is 19.5 Å². The molecule has 3 aromatic carbocycles.